The normalized spacial score (nSPS) is 39.0. The van der Waals surface area contributed by atoms with Crippen LogP contribution in [0.5, 0.6) is 0 Å². The number of ketones is 1. The molecule has 0 heterocycles. The van der Waals surface area contributed by atoms with Gasteiger partial charge >= 0.3 is 0 Å². The molecule has 2 rings (SSSR count). The smallest absolute Gasteiger partial charge is 0.192 e. The predicted octanol–water partition coefficient (Wildman–Crippen LogP) is 4.79. The first kappa shape index (κ1) is 16.2. The van der Waals surface area contributed by atoms with Crippen LogP contribution in [-0.2, 0) is 9.22 Å². The zero-order chi connectivity index (χ0) is 15.3. The Balaban J connectivity index is 2.18. The number of carbonyl (C=O) groups is 1. The Hall–Kier alpha value is -0.153. The third kappa shape index (κ3) is 2.41. The molecule has 20 heavy (non-hydrogen) atoms. The van der Waals surface area contributed by atoms with Gasteiger partial charge in [0, 0.05) is 17.9 Å². The highest BCUT2D eigenvalue weighted by Crippen LogP contribution is 2.54. The van der Waals surface area contributed by atoms with Crippen LogP contribution in [0.1, 0.15) is 60.3 Å². The number of Topliss-reactive ketones (excluding diaryl/α,β-unsaturated/α-hetero) is 1. The summed E-state index contributed by atoms with van der Waals surface area (Å²) in [5, 5.41) is 0.240. The van der Waals surface area contributed by atoms with E-state index < -0.39 is 8.32 Å². The maximum absolute atomic E-state index is 12.4. The van der Waals surface area contributed by atoms with E-state index in [1.165, 1.54) is 6.42 Å². The van der Waals surface area contributed by atoms with Crippen molar-refractivity contribution in [3.63, 3.8) is 0 Å². The van der Waals surface area contributed by atoms with Gasteiger partial charge < -0.3 is 4.43 Å². The van der Waals surface area contributed by atoms with Crippen molar-refractivity contribution < 1.29 is 9.22 Å². The minimum Gasteiger partial charge on any atom is -0.414 e. The van der Waals surface area contributed by atoms with E-state index in [-0.39, 0.29) is 16.6 Å². The van der Waals surface area contributed by atoms with Gasteiger partial charge in [0.1, 0.15) is 5.78 Å². The average molecular weight is 297 g/mol. The molecule has 3 heteroatoms. The lowest BCUT2D eigenvalue weighted by Crippen LogP contribution is -2.52. The molecule has 0 aromatic heterocycles. The summed E-state index contributed by atoms with van der Waals surface area (Å²) in [5.41, 5.74) is -0.120. The third-order valence-electron chi connectivity index (χ3n) is 6.72. The Morgan fingerprint density at radius 1 is 1.20 bits per heavy atom. The molecule has 0 radical (unpaired) electrons. The van der Waals surface area contributed by atoms with Gasteiger partial charge in [-0.1, -0.05) is 34.6 Å². The van der Waals surface area contributed by atoms with Gasteiger partial charge in [0.2, 0.25) is 0 Å². The summed E-state index contributed by atoms with van der Waals surface area (Å²) in [4.78, 5) is 12.4. The largest absolute Gasteiger partial charge is 0.414 e. The van der Waals surface area contributed by atoms with E-state index in [2.05, 4.69) is 47.7 Å². The number of hydrogen-bond donors (Lipinski definition) is 0. The van der Waals surface area contributed by atoms with Crippen molar-refractivity contribution in [3.05, 3.63) is 0 Å². The number of hydrogen-bond acceptors (Lipinski definition) is 2. The second kappa shape index (κ2) is 4.94. The van der Waals surface area contributed by atoms with Crippen molar-refractivity contribution in [2.45, 2.75) is 84.5 Å². The molecule has 2 nitrogen and oxygen atoms in total. The fourth-order valence-corrected chi connectivity index (χ4v) is 5.32. The quantitative estimate of drug-likeness (QED) is 0.685. The van der Waals surface area contributed by atoms with Crippen molar-refractivity contribution >= 4 is 14.1 Å². The number of rotatable bonds is 2. The van der Waals surface area contributed by atoms with Gasteiger partial charge in [0.05, 0.1) is 0 Å². The fraction of sp³-hybridized carbons (Fsp3) is 0.941. The summed E-state index contributed by atoms with van der Waals surface area (Å²) in [7, 11) is -1.74. The standard InChI is InChI=1S/C17H32O2Si/c1-12-14(19-20(6,7)16(2,3)4)10-8-13-9-11-15(18)17(12,13)5/h12-14H,8-11H2,1-7H3/t12-,13-,14+,17-/m1/s1. The number of fused-ring (bicyclic) bond motifs is 1. The zero-order valence-electron chi connectivity index (χ0n) is 14.4. The van der Waals surface area contributed by atoms with Crippen LogP contribution in [0.4, 0.5) is 0 Å². The van der Waals surface area contributed by atoms with E-state index in [1.54, 1.807) is 0 Å². The van der Waals surface area contributed by atoms with Gasteiger partial charge in [-0.15, -0.1) is 0 Å². The Bertz CT molecular complexity index is 396. The van der Waals surface area contributed by atoms with E-state index in [9.17, 15) is 4.79 Å². The first-order chi connectivity index (χ1) is 9.00. The molecule has 0 aromatic carbocycles. The molecule has 0 saturated heterocycles. The van der Waals surface area contributed by atoms with Gasteiger partial charge in [-0.3, -0.25) is 4.79 Å². The van der Waals surface area contributed by atoms with Crippen LogP contribution >= 0.6 is 0 Å². The van der Waals surface area contributed by atoms with Crippen molar-refractivity contribution in [1.29, 1.82) is 0 Å². The van der Waals surface area contributed by atoms with E-state index in [0.29, 0.717) is 17.6 Å². The van der Waals surface area contributed by atoms with E-state index >= 15 is 0 Å². The van der Waals surface area contributed by atoms with Crippen LogP contribution in [0.25, 0.3) is 0 Å². The Morgan fingerprint density at radius 3 is 2.35 bits per heavy atom. The van der Waals surface area contributed by atoms with Crippen molar-refractivity contribution in [2.75, 3.05) is 0 Å². The monoisotopic (exact) mass is 296 g/mol. The first-order valence-corrected chi connectivity index (χ1v) is 11.1. The highest BCUT2D eigenvalue weighted by Gasteiger charge is 2.55. The molecule has 0 N–H and O–H groups in total. The van der Waals surface area contributed by atoms with Gasteiger partial charge in [-0.2, -0.15) is 0 Å². The minimum absolute atomic E-state index is 0.120. The second-order valence-electron chi connectivity index (χ2n) is 8.72. The lowest BCUT2D eigenvalue weighted by molar-refractivity contribution is -0.135. The molecular weight excluding hydrogens is 264 g/mol. The second-order valence-corrected chi connectivity index (χ2v) is 13.5. The summed E-state index contributed by atoms with van der Waals surface area (Å²) < 4.78 is 6.66. The SMILES string of the molecule is C[C@@H]1[C@@H](O[Si](C)(C)C(C)(C)C)CC[C@@H]2CCC(=O)[C@@]21C. The summed E-state index contributed by atoms with van der Waals surface area (Å²) in [6, 6.07) is 0. The Morgan fingerprint density at radius 2 is 1.80 bits per heavy atom. The minimum atomic E-state index is -1.74. The third-order valence-corrected chi connectivity index (χ3v) is 11.2. The molecule has 2 aliphatic rings. The van der Waals surface area contributed by atoms with Gasteiger partial charge in [0.15, 0.2) is 8.32 Å². The highest BCUT2D eigenvalue weighted by molar-refractivity contribution is 6.74. The maximum atomic E-state index is 12.4. The predicted molar refractivity (Wildman–Crippen MR) is 86.3 cm³/mol. The van der Waals surface area contributed by atoms with Gasteiger partial charge in [-0.05, 0) is 49.2 Å². The van der Waals surface area contributed by atoms with Crippen LogP contribution in [-0.4, -0.2) is 20.2 Å². The van der Waals surface area contributed by atoms with Crippen molar-refractivity contribution in [3.8, 4) is 0 Å². The van der Waals surface area contributed by atoms with Gasteiger partial charge in [0.25, 0.3) is 0 Å². The van der Waals surface area contributed by atoms with Crippen molar-refractivity contribution in [2.24, 2.45) is 17.3 Å². The molecule has 2 fully saturated rings. The average Bonchev–Trinajstić information content (AvgIpc) is 2.60. The van der Waals surface area contributed by atoms with E-state index in [4.69, 9.17) is 4.43 Å². The fourth-order valence-electron chi connectivity index (χ4n) is 3.89. The van der Waals surface area contributed by atoms with Crippen LogP contribution < -0.4 is 0 Å². The van der Waals surface area contributed by atoms with E-state index in [1.807, 2.05) is 0 Å². The first-order valence-electron chi connectivity index (χ1n) is 8.21. The molecule has 0 spiro atoms. The number of carbonyl (C=O) groups excluding carboxylic acids is 1. The summed E-state index contributed by atoms with van der Waals surface area (Å²) in [6.07, 6.45) is 4.48. The molecule has 0 aromatic rings. The Kier molecular flexibility index (Phi) is 4.01. The van der Waals surface area contributed by atoms with Crippen molar-refractivity contribution in [1.82, 2.24) is 0 Å². The topological polar surface area (TPSA) is 26.3 Å². The van der Waals surface area contributed by atoms with Crippen LogP contribution in [0, 0.1) is 17.3 Å². The molecule has 0 unspecified atom stereocenters. The summed E-state index contributed by atoms with van der Waals surface area (Å²) in [5.74, 6) is 1.45. The molecule has 116 valence electrons. The molecule has 0 aliphatic heterocycles. The zero-order valence-corrected chi connectivity index (χ0v) is 15.4. The Labute approximate surface area is 125 Å². The van der Waals surface area contributed by atoms with Crippen LogP contribution in [0.15, 0.2) is 0 Å². The molecule has 0 amide bonds. The molecule has 2 aliphatic carbocycles. The molecule has 2 saturated carbocycles. The maximum Gasteiger partial charge on any atom is 0.192 e. The lowest BCUT2D eigenvalue weighted by atomic mass is 9.62. The summed E-state index contributed by atoms with van der Waals surface area (Å²) in [6.45, 7) is 16.0. The highest BCUT2D eigenvalue weighted by atomic mass is 28.4. The summed E-state index contributed by atoms with van der Waals surface area (Å²) >= 11 is 0. The molecular formula is C17H32O2Si. The van der Waals surface area contributed by atoms with E-state index in [0.717, 1.165) is 19.3 Å². The van der Waals surface area contributed by atoms with Crippen LogP contribution in [0.2, 0.25) is 18.1 Å². The lowest BCUT2D eigenvalue weighted by Gasteiger charge is -2.49. The molecule has 4 atom stereocenters. The van der Waals surface area contributed by atoms with Gasteiger partial charge in [-0.25, -0.2) is 0 Å². The van der Waals surface area contributed by atoms with Crippen LogP contribution in [0.3, 0.4) is 0 Å². The molecule has 0 bridgehead atoms.